The van der Waals surface area contributed by atoms with Gasteiger partial charge in [-0.1, -0.05) is 23.1 Å². The zero-order valence-electron chi connectivity index (χ0n) is 12.2. The lowest BCUT2D eigenvalue weighted by Crippen LogP contribution is -2.36. The second-order valence-corrected chi connectivity index (χ2v) is 6.47. The summed E-state index contributed by atoms with van der Waals surface area (Å²) < 4.78 is 40.5. The fraction of sp³-hybridized carbons (Fsp3) is 0.167. The van der Waals surface area contributed by atoms with Gasteiger partial charge in [0.05, 0.1) is 5.75 Å². The molecule has 134 valence electrons. The molecule has 1 aromatic carbocycles. The van der Waals surface area contributed by atoms with Gasteiger partial charge in [0.1, 0.15) is 5.75 Å². The van der Waals surface area contributed by atoms with Crippen LogP contribution in [-0.4, -0.2) is 34.3 Å². The van der Waals surface area contributed by atoms with Crippen LogP contribution in [0.1, 0.15) is 0 Å². The molecular weight excluding hydrogens is 383 g/mol. The van der Waals surface area contributed by atoms with E-state index in [2.05, 4.69) is 20.3 Å². The first-order valence-corrected chi connectivity index (χ1v) is 8.20. The summed E-state index contributed by atoms with van der Waals surface area (Å²) in [4.78, 5) is 21.8. The van der Waals surface area contributed by atoms with Gasteiger partial charge in [-0.15, -0.1) is 23.4 Å². The normalized spacial score (nSPS) is 11.0. The third kappa shape index (κ3) is 6.84. The number of carbonyl (C=O) groups is 2. The number of aromatic nitrogens is 2. The highest BCUT2D eigenvalue weighted by atomic mass is 32.2. The maximum absolute atomic E-state index is 12.1. The molecule has 25 heavy (non-hydrogen) atoms. The molecule has 0 aliphatic carbocycles. The van der Waals surface area contributed by atoms with Crippen molar-refractivity contribution in [3.05, 3.63) is 24.3 Å². The Bertz CT molecular complexity index is 751. The van der Waals surface area contributed by atoms with E-state index in [4.69, 9.17) is 5.73 Å². The average Bonchev–Trinajstić information content (AvgIpc) is 2.93. The smallest absolute Gasteiger partial charge is 0.406 e. The maximum atomic E-state index is 12.1. The Morgan fingerprint density at radius 1 is 1.24 bits per heavy atom. The minimum atomic E-state index is -4.75. The van der Waals surface area contributed by atoms with Gasteiger partial charge in [0.2, 0.25) is 11.0 Å². The molecule has 0 fully saturated rings. The lowest BCUT2D eigenvalue weighted by atomic mass is 10.3. The number of imide groups is 1. The Morgan fingerprint density at radius 2 is 1.92 bits per heavy atom. The minimum Gasteiger partial charge on any atom is -0.406 e. The molecule has 0 saturated heterocycles. The van der Waals surface area contributed by atoms with Gasteiger partial charge < -0.3 is 15.8 Å². The van der Waals surface area contributed by atoms with E-state index in [0.29, 0.717) is 15.2 Å². The summed E-state index contributed by atoms with van der Waals surface area (Å²) >= 11 is 2.18. The van der Waals surface area contributed by atoms with Crippen molar-refractivity contribution in [2.75, 3.05) is 11.1 Å². The zero-order chi connectivity index (χ0) is 18.4. The standard InChI is InChI=1S/C12H10F3N5O3S2/c13-12(14,15)23-7-3-1-6(2-4-7)17-10-19-20-11(25-10)24-5-8(21)18-9(16)22/h1-4H,5H2,(H,17,19)(H3,16,18,21,22). The lowest BCUT2D eigenvalue weighted by molar-refractivity contribution is -0.274. The summed E-state index contributed by atoms with van der Waals surface area (Å²) in [6.07, 6.45) is -4.75. The van der Waals surface area contributed by atoms with Crippen LogP contribution in [0.2, 0.25) is 0 Å². The number of nitrogens with zero attached hydrogens (tertiary/aromatic N) is 2. The number of hydrogen-bond acceptors (Lipinski definition) is 8. The van der Waals surface area contributed by atoms with E-state index in [0.717, 1.165) is 35.2 Å². The van der Waals surface area contributed by atoms with Crippen LogP contribution >= 0.6 is 23.1 Å². The first-order valence-electron chi connectivity index (χ1n) is 6.40. The quantitative estimate of drug-likeness (QED) is 0.645. The molecule has 8 nitrogen and oxygen atoms in total. The van der Waals surface area contributed by atoms with Gasteiger partial charge in [-0.2, -0.15) is 0 Å². The number of hydrogen-bond donors (Lipinski definition) is 3. The van der Waals surface area contributed by atoms with Gasteiger partial charge in [-0.3, -0.25) is 10.1 Å². The Kier molecular flexibility index (Phi) is 6.03. The number of rotatable bonds is 6. The number of amides is 3. The number of anilines is 2. The van der Waals surface area contributed by atoms with Gasteiger partial charge >= 0.3 is 12.4 Å². The van der Waals surface area contributed by atoms with Crippen LogP contribution in [-0.2, 0) is 4.79 Å². The van der Waals surface area contributed by atoms with Crippen LogP contribution in [0, 0.1) is 0 Å². The number of carbonyl (C=O) groups excluding carboxylic acids is 2. The molecule has 0 radical (unpaired) electrons. The summed E-state index contributed by atoms with van der Waals surface area (Å²) in [6, 6.07) is 4.13. The van der Waals surface area contributed by atoms with E-state index in [1.165, 1.54) is 12.1 Å². The molecular formula is C12H10F3N5O3S2. The highest BCUT2D eigenvalue weighted by molar-refractivity contribution is 8.01. The highest BCUT2D eigenvalue weighted by Crippen LogP contribution is 2.29. The summed E-state index contributed by atoms with van der Waals surface area (Å²) in [5.74, 6) is -0.976. The van der Waals surface area contributed by atoms with Crippen molar-refractivity contribution in [1.82, 2.24) is 15.5 Å². The number of halogens is 3. The van der Waals surface area contributed by atoms with E-state index < -0.39 is 18.3 Å². The molecule has 13 heteroatoms. The third-order valence-electron chi connectivity index (χ3n) is 2.33. The Hall–Kier alpha value is -2.54. The van der Waals surface area contributed by atoms with Crippen LogP contribution in [0.3, 0.4) is 0 Å². The molecule has 1 aromatic heterocycles. The number of urea groups is 1. The number of ether oxygens (including phenoxy) is 1. The van der Waals surface area contributed by atoms with Crippen molar-refractivity contribution >= 4 is 45.9 Å². The molecule has 0 bridgehead atoms. The number of alkyl halides is 3. The first-order chi connectivity index (χ1) is 11.7. The summed E-state index contributed by atoms with van der Waals surface area (Å²) in [7, 11) is 0. The van der Waals surface area contributed by atoms with Crippen LogP contribution in [0.4, 0.5) is 28.8 Å². The molecule has 1 heterocycles. The van der Waals surface area contributed by atoms with Crippen molar-refractivity contribution in [2.24, 2.45) is 5.73 Å². The fourth-order valence-electron chi connectivity index (χ4n) is 1.48. The molecule has 3 amide bonds. The summed E-state index contributed by atoms with van der Waals surface area (Å²) in [6.45, 7) is 0. The number of nitrogens with two attached hydrogens (primary N) is 1. The molecule has 2 aromatic rings. The van der Waals surface area contributed by atoms with Crippen molar-refractivity contribution in [1.29, 1.82) is 0 Å². The van der Waals surface area contributed by atoms with Gasteiger partial charge in [-0.25, -0.2) is 4.79 Å². The molecule has 0 aliphatic rings. The van der Waals surface area contributed by atoms with E-state index in [-0.39, 0.29) is 11.5 Å². The van der Waals surface area contributed by atoms with Crippen molar-refractivity contribution in [2.45, 2.75) is 10.7 Å². The maximum Gasteiger partial charge on any atom is 0.573 e. The summed E-state index contributed by atoms with van der Waals surface area (Å²) in [5, 5.41) is 12.8. The molecule has 4 N–H and O–H groups in total. The fourth-order valence-corrected chi connectivity index (χ4v) is 3.05. The molecule has 0 spiro atoms. The minimum absolute atomic E-state index is 0.0684. The summed E-state index contributed by atoms with van der Waals surface area (Å²) in [5.41, 5.74) is 5.29. The van der Waals surface area contributed by atoms with Crippen LogP contribution in [0.15, 0.2) is 28.6 Å². The molecule has 0 atom stereocenters. The highest BCUT2D eigenvalue weighted by Gasteiger charge is 2.30. The van der Waals surface area contributed by atoms with Crippen molar-refractivity contribution in [3.8, 4) is 5.75 Å². The zero-order valence-corrected chi connectivity index (χ0v) is 13.8. The van der Waals surface area contributed by atoms with Gasteiger partial charge in [0, 0.05) is 5.69 Å². The largest absolute Gasteiger partial charge is 0.573 e. The van der Waals surface area contributed by atoms with E-state index in [9.17, 15) is 22.8 Å². The molecule has 0 saturated carbocycles. The van der Waals surface area contributed by atoms with Crippen LogP contribution < -0.4 is 21.1 Å². The lowest BCUT2D eigenvalue weighted by Gasteiger charge is -2.09. The Labute approximate surface area is 146 Å². The molecule has 0 aliphatic heterocycles. The van der Waals surface area contributed by atoms with Crippen LogP contribution in [0.5, 0.6) is 5.75 Å². The second kappa shape index (κ2) is 8.02. The number of thioether (sulfide) groups is 1. The third-order valence-corrected chi connectivity index (χ3v) is 4.31. The van der Waals surface area contributed by atoms with Crippen molar-refractivity contribution < 1.29 is 27.5 Å². The Balaban J connectivity index is 1.88. The van der Waals surface area contributed by atoms with E-state index >= 15 is 0 Å². The molecule has 0 unspecified atom stereocenters. The predicted octanol–water partition coefficient (Wildman–Crippen LogP) is 2.47. The average molecular weight is 393 g/mol. The molecule has 2 rings (SSSR count). The first kappa shape index (κ1) is 18.8. The monoisotopic (exact) mass is 393 g/mol. The SMILES string of the molecule is NC(=O)NC(=O)CSc1nnc(Nc2ccc(OC(F)(F)F)cc2)s1. The topological polar surface area (TPSA) is 119 Å². The second-order valence-electron chi connectivity index (χ2n) is 4.27. The predicted molar refractivity (Wildman–Crippen MR) is 84.8 cm³/mol. The number of nitrogens with one attached hydrogen (secondary N) is 2. The Morgan fingerprint density at radius 3 is 2.52 bits per heavy atom. The van der Waals surface area contributed by atoms with Gasteiger partial charge in [0.15, 0.2) is 4.34 Å². The number of benzene rings is 1. The van der Waals surface area contributed by atoms with Crippen LogP contribution in [0.25, 0.3) is 0 Å². The van der Waals surface area contributed by atoms with E-state index in [1.54, 1.807) is 0 Å². The van der Waals surface area contributed by atoms with E-state index in [1.807, 2.05) is 5.32 Å². The van der Waals surface area contributed by atoms with Gasteiger partial charge in [-0.05, 0) is 24.3 Å². The number of primary amides is 1. The van der Waals surface area contributed by atoms with Gasteiger partial charge in [0.25, 0.3) is 0 Å². The van der Waals surface area contributed by atoms with Crippen molar-refractivity contribution in [3.63, 3.8) is 0 Å².